The molecule has 2 rings (SSSR count). The van der Waals surface area contributed by atoms with E-state index < -0.39 is 0 Å². The fraction of sp³-hybridized carbons (Fsp3) is 0.333. The number of rotatable bonds is 8. The third-order valence-electron chi connectivity index (χ3n) is 4.45. The lowest BCUT2D eigenvalue weighted by Gasteiger charge is -2.22. The predicted octanol–water partition coefficient (Wildman–Crippen LogP) is 2.01. The third kappa shape index (κ3) is 5.22. The van der Waals surface area contributed by atoms with E-state index in [0.717, 1.165) is 10.5 Å². The molecule has 0 aliphatic heterocycles. The first kappa shape index (κ1) is 20.3. The van der Waals surface area contributed by atoms with Gasteiger partial charge in [-0.05, 0) is 44.2 Å². The van der Waals surface area contributed by atoms with Crippen LogP contribution in [0.2, 0.25) is 0 Å². The van der Waals surface area contributed by atoms with Crippen molar-refractivity contribution in [3.8, 4) is 17.6 Å². The molecule has 2 aromatic carbocycles. The second-order valence-electron chi connectivity index (χ2n) is 6.31. The van der Waals surface area contributed by atoms with Crippen molar-refractivity contribution in [2.45, 2.75) is 26.4 Å². The molecule has 142 valence electrons. The topological polar surface area (TPSA) is 75.8 Å². The van der Waals surface area contributed by atoms with E-state index in [1.54, 1.807) is 31.4 Å². The van der Waals surface area contributed by atoms with Gasteiger partial charge >= 0.3 is 0 Å². The van der Waals surface area contributed by atoms with E-state index in [4.69, 9.17) is 14.7 Å². The number of para-hydroxylation sites is 1. The summed E-state index contributed by atoms with van der Waals surface area (Å²) >= 11 is 0. The first-order valence-electron chi connectivity index (χ1n) is 8.92. The zero-order valence-electron chi connectivity index (χ0n) is 16.2. The second-order valence-corrected chi connectivity index (χ2v) is 6.31. The first-order valence-corrected chi connectivity index (χ1v) is 8.92. The number of carbonyl (C=O) groups is 1. The van der Waals surface area contributed by atoms with Crippen LogP contribution in [0.25, 0.3) is 0 Å². The van der Waals surface area contributed by atoms with Crippen LogP contribution in [0.15, 0.2) is 42.5 Å². The van der Waals surface area contributed by atoms with Crippen molar-refractivity contribution in [3.63, 3.8) is 0 Å². The molecule has 2 aromatic rings. The smallest absolute Gasteiger partial charge is 0.282 e. The summed E-state index contributed by atoms with van der Waals surface area (Å²) in [7, 11) is 3.57. The molecule has 2 atom stereocenters. The Kier molecular flexibility index (Phi) is 7.21. The van der Waals surface area contributed by atoms with Gasteiger partial charge in [0.25, 0.3) is 5.91 Å². The summed E-state index contributed by atoms with van der Waals surface area (Å²) in [5.74, 6) is 1.26. The van der Waals surface area contributed by atoms with Crippen LogP contribution in [0.3, 0.4) is 0 Å². The molecule has 1 unspecified atom stereocenters. The number of carbonyl (C=O) groups excluding carboxylic acids is 1. The second kappa shape index (κ2) is 9.60. The molecular weight excluding hydrogens is 342 g/mol. The Morgan fingerprint density at radius 2 is 2.00 bits per heavy atom. The minimum atomic E-state index is -0.297. The Morgan fingerprint density at radius 3 is 2.67 bits per heavy atom. The van der Waals surface area contributed by atoms with Crippen molar-refractivity contribution in [2.24, 2.45) is 0 Å². The van der Waals surface area contributed by atoms with E-state index in [-0.39, 0.29) is 11.9 Å². The lowest BCUT2D eigenvalue weighted by atomic mass is 10.1. The average molecular weight is 368 g/mol. The largest absolute Gasteiger partial charge is 0.493 e. The number of hydrogen-bond donors (Lipinski definition) is 2. The Morgan fingerprint density at radius 1 is 1.26 bits per heavy atom. The molecule has 1 amide bonds. The minimum absolute atomic E-state index is 0.131. The number of anilines is 1. The van der Waals surface area contributed by atoms with Gasteiger partial charge in [-0.3, -0.25) is 4.79 Å². The van der Waals surface area contributed by atoms with Crippen LogP contribution >= 0.6 is 0 Å². The van der Waals surface area contributed by atoms with Gasteiger partial charge in [-0.1, -0.05) is 12.1 Å². The zero-order valence-corrected chi connectivity index (χ0v) is 16.2. The van der Waals surface area contributed by atoms with Crippen LogP contribution < -0.4 is 19.7 Å². The predicted molar refractivity (Wildman–Crippen MR) is 104 cm³/mol. The number of nitrogens with one attached hydrogen (secondary N) is 2. The number of likely N-dealkylation sites (N-methyl/N-ethyl adjacent to an activating group) is 1. The molecule has 0 aromatic heterocycles. The van der Waals surface area contributed by atoms with Crippen LogP contribution in [0.4, 0.5) is 5.69 Å². The monoisotopic (exact) mass is 368 g/mol. The van der Waals surface area contributed by atoms with Gasteiger partial charge in [0.05, 0.1) is 32.0 Å². The Hall–Kier alpha value is -3.04. The average Bonchev–Trinajstić information content (AvgIpc) is 2.68. The van der Waals surface area contributed by atoms with Crippen molar-refractivity contribution in [1.82, 2.24) is 0 Å². The number of nitrogens with zero attached hydrogens (tertiary/aromatic N) is 1. The van der Waals surface area contributed by atoms with Gasteiger partial charge in [0.1, 0.15) is 12.6 Å². The fourth-order valence-corrected chi connectivity index (χ4v) is 2.73. The molecule has 0 fully saturated rings. The van der Waals surface area contributed by atoms with Crippen LogP contribution in [0.5, 0.6) is 11.5 Å². The molecule has 0 spiro atoms. The van der Waals surface area contributed by atoms with Gasteiger partial charge in [0.15, 0.2) is 17.5 Å². The summed E-state index contributed by atoms with van der Waals surface area (Å²) in [4.78, 5) is 13.6. The quantitative estimate of drug-likeness (QED) is 0.747. The highest BCUT2D eigenvalue weighted by atomic mass is 16.5. The van der Waals surface area contributed by atoms with Crippen molar-refractivity contribution >= 4 is 11.6 Å². The summed E-state index contributed by atoms with van der Waals surface area (Å²) in [6.45, 7) is 5.01. The van der Waals surface area contributed by atoms with Gasteiger partial charge < -0.3 is 19.7 Å². The van der Waals surface area contributed by atoms with Crippen LogP contribution in [0.1, 0.15) is 25.0 Å². The standard InChI is InChI=1S/C21H25N3O3/c1-5-27-19-11-10-16(12-20(19)26-4)14-24(3)15(2)21(25)23-18-9-7-6-8-17(18)13-22/h6-12,15H,5,14H2,1-4H3,(H,23,25)/p+1/t15-/m0/s1. The Bertz CT molecular complexity index is 830. The van der Waals surface area contributed by atoms with Gasteiger partial charge in [-0.2, -0.15) is 5.26 Å². The number of nitriles is 1. The van der Waals surface area contributed by atoms with E-state index >= 15 is 0 Å². The normalized spacial score (nSPS) is 12.6. The summed E-state index contributed by atoms with van der Waals surface area (Å²) in [5.41, 5.74) is 2.03. The number of methoxy groups -OCH3 is 1. The number of quaternary nitrogens is 1. The molecule has 0 radical (unpaired) electrons. The third-order valence-corrected chi connectivity index (χ3v) is 4.45. The molecule has 27 heavy (non-hydrogen) atoms. The highest BCUT2D eigenvalue weighted by Gasteiger charge is 2.23. The Balaban J connectivity index is 2.05. The molecule has 6 nitrogen and oxygen atoms in total. The van der Waals surface area contributed by atoms with Crippen molar-refractivity contribution < 1.29 is 19.2 Å². The highest BCUT2D eigenvalue weighted by Crippen LogP contribution is 2.27. The van der Waals surface area contributed by atoms with E-state index in [1.165, 1.54) is 0 Å². The van der Waals surface area contributed by atoms with E-state index in [2.05, 4.69) is 11.4 Å². The molecule has 2 N–H and O–H groups in total. The number of hydrogen-bond acceptors (Lipinski definition) is 4. The maximum Gasteiger partial charge on any atom is 0.282 e. The molecule has 0 aliphatic carbocycles. The minimum Gasteiger partial charge on any atom is -0.493 e. The van der Waals surface area contributed by atoms with Crippen LogP contribution in [-0.2, 0) is 11.3 Å². The summed E-state index contributed by atoms with van der Waals surface area (Å²) in [6, 6.07) is 14.6. The molecule has 6 heteroatoms. The molecule has 0 saturated carbocycles. The van der Waals surface area contributed by atoms with Gasteiger partial charge in [-0.25, -0.2) is 0 Å². The van der Waals surface area contributed by atoms with E-state index in [0.29, 0.717) is 35.9 Å². The number of amides is 1. The molecule has 0 aliphatic rings. The number of ether oxygens (including phenoxy) is 2. The molecule has 0 heterocycles. The fourth-order valence-electron chi connectivity index (χ4n) is 2.73. The number of benzene rings is 2. The first-order chi connectivity index (χ1) is 13.0. The molecule has 0 saturated heterocycles. The highest BCUT2D eigenvalue weighted by molar-refractivity contribution is 5.94. The van der Waals surface area contributed by atoms with Crippen LogP contribution in [-0.4, -0.2) is 32.7 Å². The molecular formula is C21H26N3O3+. The zero-order chi connectivity index (χ0) is 19.8. The lowest BCUT2D eigenvalue weighted by molar-refractivity contribution is -0.907. The van der Waals surface area contributed by atoms with E-state index in [1.807, 2.05) is 39.1 Å². The van der Waals surface area contributed by atoms with Gasteiger partial charge in [-0.15, -0.1) is 0 Å². The summed E-state index contributed by atoms with van der Waals surface area (Å²) in [5, 5.41) is 12.0. The van der Waals surface area contributed by atoms with Gasteiger partial charge in [0.2, 0.25) is 0 Å². The maximum atomic E-state index is 12.6. The maximum absolute atomic E-state index is 12.6. The van der Waals surface area contributed by atoms with Gasteiger partial charge in [0, 0.05) is 5.56 Å². The Labute approximate surface area is 160 Å². The SMILES string of the molecule is CCOc1ccc(C[NH+](C)[C@@H](C)C(=O)Nc2ccccc2C#N)cc1OC. The van der Waals surface area contributed by atoms with E-state index in [9.17, 15) is 4.79 Å². The summed E-state index contributed by atoms with van der Waals surface area (Å²) < 4.78 is 10.9. The summed E-state index contributed by atoms with van der Waals surface area (Å²) in [6.07, 6.45) is 0. The lowest BCUT2D eigenvalue weighted by Crippen LogP contribution is -3.12. The van der Waals surface area contributed by atoms with Crippen LogP contribution in [0, 0.1) is 11.3 Å². The molecule has 0 bridgehead atoms. The van der Waals surface area contributed by atoms with Crippen molar-refractivity contribution in [1.29, 1.82) is 5.26 Å². The van der Waals surface area contributed by atoms with Crippen molar-refractivity contribution in [2.75, 3.05) is 26.1 Å². The van der Waals surface area contributed by atoms with Crippen molar-refractivity contribution in [3.05, 3.63) is 53.6 Å².